The lowest BCUT2D eigenvalue weighted by Gasteiger charge is -2.12. The first-order chi connectivity index (χ1) is 12.4. The number of benzene rings is 1. The number of nitrogens with one attached hydrogen (secondary N) is 1. The summed E-state index contributed by atoms with van der Waals surface area (Å²) in [6.07, 6.45) is 0.517. The maximum atomic E-state index is 12.9. The third-order valence-electron chi connectivity index (χ3n) is 3.65. The van der Waals surface area contributed by atoms with Gasteiger partial charge in [0.25, 0.3) is 17.5 Å². The van der Waals surface area contributed by atoms with Crippen LogP contribution in [0.25, 0.3) is 5.78 Å². The van der Waals surface area contributed by atoms with Gasteiger partial charge >= 0.3 is 5.97 Å². The quantitative estimate of drug-likeness (QED) is 0.694. The second-order valence-electron chi connectivity index (χ2n) is 5.63. The third-order valence-corrected chi connectivity index (χ3v) is 3.65. The molecule has 9 heteroatoms. The normalized spacial score (nSPS) is 12.0. The van der Waals surface area contributed by atoms with Crippen molar-refractivity contribution in [1.82, 2.24) is 24.9 Å². The molecule has 8 nitrogen and oxygen atoms in total. The average molecular weight is 357 g/mol. The number of ether oxygens (including phenoxy) is 1. The second kappa shape index (κ2) is 7.26. The smallest absolute Gasteiger partial charge is 0.379 e. The highest BCUT2D eigenvalue weighted by Gasteiger charge is 2.22. The van der Waals surface area contributed by atoms with Crippen molar-refractivity contribution in [3.8, 4) is 0 Å². The zero-order valence-corrected chi connectivity index (χ0v) is 14.1. The Kier molecular flexibility index (Phi) is 4.87. The van der Waals surface area contributed by atoms with Crippen molar-refractivity contribution in [3.63, 3.8) is 0 Å². The highest BCUT2D eigenvalue weighted by atomic mass is 19.1. The average Bonchev–Trinajstić information content (AvgIpc) is 3.07. The molecule has 0 bridgehead atoms. The molecule has 0 saturated heterocycles. The maximum absolute atomic E-state index is 12.9. The predicted molar refractivity (Wildman–Crippen MR) is 88.6 cm³/mol. The Balaban J connectivity index is 1.59. The molecule has 1 N–H and O–H groups in total. The van der Waals surface area contributed by atoms with Crippen LogP contribution in [0.3, 0.4) is 0 Å². The molecular formula is C17H16FN5O3. The molecule has 26 heavy (non-hydrogen) atoms. The molecule has 0 aliphatic heterocycles. The number of esters is 1. The molecule has 0 aliphatic carbocycles. The summed E-state index contributed by atoms with van der Waals surface area (Å²) in [7, 11) is 0. The molecule has 0 radical (unpaired) electrons. The highest BCUT2D eigenvalue weighted by molar-refractivity contribution is 5.89. The highest BCUT2D eigenvalue weighted by Crippen LogP contribution is 2.06. The van der Waals surface area contributed by atoms with Gasteiger partial charge in [-0.2, -0.15) is 4.98 Å². The first kappa shape index (κ1) is 17.5. The van der Waals surface area contributed by atoms with E-state index in [1.165, 1.54) is 23.6 Å². The lowest BCUT2D eigenvalue weighted by molar-refractivity contribution is -0.129. The Morgan fingerprint density at radius 2 is 2.00 bits per heavy atom. The van der Waals surface area contributed by atoms with Crippen LogP contribution in [0.5, 0.6) is 0 Å². The van der Waals surface area contributed by atoms with Crippen LogP contribution in [-0.2, 0) is 16.1 Å². The number of hydrogen-bond donors (Lipinski definition) is 1. The minimum atomic E-state index is -1.04. The molecule has 0 spiro atoms. The maximum Gasteiger partial charge on any atom is 0.379 e. The Morgan fingerprint density at radius 3 is 2.69 bits per heavy atom. The molecule has 134 valence electrons. The molecule has 3 aromatic rings. The Morgan fingerprint density at radius 1 is 1.27 bits per heavy atom. The summed E-state index contributed by atoms with van der Waals surface area (Å²) < 4.78 is 19.4. The van der Waals surface area contributed by atoms with E-state index in [4.69, 9.17) is 4.74 Å². The van der Waals surface area contributed by atoms with Gasteiger partial charge in [0.15, 0.2) is 6.10 Å². The van der Waals surface area contributed by atoms with Crippen LogP contribution in [0, 0.1) is 12.7 Å². The van der Waals surface area contributed by atoms with Crippen LogP contribution >= 0.6 is 0 Å². The van der Waals surface area contributed by atoms with Gasteiger partial charge in [-0.25, -0.2) is 18.7 Å². The van der Waals surface area contributed by atoms with E-state index in [9.17, 15) is 14.0 Å². The van der Waals surface area contributed by atoms with Crippen molar-refractivity contribution in [2.45, 2.75) is 26.5 Å². The van der Waals surface area contributed by atoms with E-state index in [-0.39, 0.29) is 24.0 Å². The summed E-state index contributed by atoms with van der Waals surface area (Å²) >= 11 is 0. The van der Waals surface area contributed by atoms with E-state index in [2.05, 4.69) is 20.4 Å². The number of hydrogen-bond acceptors (Lipinski definition) is 6. The van der Waals surface area contributed by atoms with Gasteiger partial charge in [0, 0.05) is 18.4 Å². The molecular weight excluding hydrogens is 341 g/mol. The fourth-order valence-electron chi connectivity index (χ4n) is 2.19. The molecule has 1 atom stereocenters. The summed E-state index contributed by atoms with van der Waals surface area (Å²) in [5, 5.41) is 6.64. The summed E-state index contributed by atoms with van der Waals surface area (Å²) in [5.41, 5.74) is 1.48. The first-order valence-corrected chi connectivity index (χ1v) is 7.85. The lowest BCUT2D eigenvalue weighted by atomic mass is 10.2. The molecule has 0 saturated carbocycles. The van der Waals surface area contributed by atoms with Crippen LogP contribution in [-0.4, -0.2) is 37.6 Å². The summed E-state index contributed by atoms with van der Waals surface area (Å²) in [6.45, 7) is 3.43. The second-order valence-corrected chi connectivity index (χ2v) is 5.63. The minimum absolute atomic E-state index is 0.176. The van der Waals surface area contributed by atoms with Crippen LogP contribution in [0.2, 0.25) is 0 Å². The van der Waals surface area contributed by atoms with Crippen molar-refractivity contribution >= 4 is 17.7 Å². The van der Waals surface area contributed by atoms with Crippen molar-refractivity contribution in [1.29, 1.82) is 0 Å². The van der Waals surface area contributed by atoms with Crippen LogP contribution < -0.4 is 5.32 Å². The minimum Gasteiger partial charge on any atom is -0.447 e. The van der Waals surface area contributed by atoms with Crippen molar-refractivity contribution < 1.29 is 18.7 Å². The molecule has 1 aromatic carbocycles. The van der Waals surface area contributed by atoms with Crippen molar-refractivity contribution in [3.05, 3.63) is 59.4 Å². The lowest BCUT2D eigenvalue weighted by Crippen LogP contribution is -2.35. The zero-order chi connectivity index (χ0) is 18.7. The summed E-state index contributed by atoms with van der Waals surface area (Å²) in [6, 6.07) is 7.44. The number of halogens is 1. The van der Waals surface area contributed by atoms with E-state index in [0.717, 1.165) is 11.3 Å². The number of nitrogens with zero attached hydrogens (tertiary/aromatic N) is 4. The van der Waals surface area contributed by atoms with Crippen LogP contribution in [0.15, 0.2) is 36.5 Å². The first-order valence-electron chi connectivity index (χ1n) is 7.85. The molecule has 0 aliphatic rings. The molecule has 1 unspecified atom stereocenters. The predicted octanol–water partition coefficient (Wildman–Crippen LogP) is 1.43. The Bertz CT molecular complexity index is 955. The topological polar surface area (TPSA) is 98.5 Å². The van der Waals surface area contributed by atoms with Crippen molar-refractivity contribution in [2.75, 3.05) is 0 Å². The van der Waals surface area contributed by atoms with E-state index >= 15 is 0 Å². The van der Waals surface area contributed by atoms with Crippen LogP contribution in [0.1, 0.15) is 28.8 Å². The molecule has 0 fully saturated rings. The molecule has 3 rings (SSSR count). The van der Waals surface area contributed by atoms with Crippen molar-refractivity contribution in [2.24, 2.45) is 0 Å². The number of aryl methyl sites for hydroxylation is 1. The number of carbonyl (C=O) groups is 2. The number of aromatic nitrogens is 4. The van der Waals surface area contributed by atoms with E-state index in [1.807, 2.05) is 0 Å². The van der Waals surface area contributed by atoms with Gasteiger partial charge in [-0.05, 0) is 37.6 Å². The standard InChI is InChI=1S/C17H16FN5O3/c1-10-7-8-19-17-21-14(22-23(10)17)16(25)26-11(2)15(24)20-9-12-3-5-13(18)6-4-12/h3-8,11H,9H2,1-2H3,(H,20,24). The van der Waals surface area contributed by atoms with E-state index in [0.29, 0.717) is 0 Å². The van der Waals surface area contributed by atoms with Crippen LogP contribution in [0.4, 0.5) is 4.39 Å². The number of carbonyl (C=O) groups excluding carboxylic acids is 2. The third kappa shape index (κ3) is 3.82. The number of amides is 1. The molecule has 1 amide bonds. The van der Waals surface area contributed by atoms with Gasteiger partial charge in [0.2, 0.25) is 0 Å². The van der Waals surface area contributed by atoms with Gasteiger partial charge in [-0.1, -0.05) is 12.1 Å². The molecule has 2 aromatic heterocycles. The van der Waals surface area contributed by atoms with Gasteiger partial charge in [-0.15, -0.1) is 5.10 Å². The number of rotatable bonds is 5. The molecule has 2 heterocycles. The Labute approximate surface area is 148 Å². The van der Waals surface area contributed by atoms with Gasteiger partial charge in [0.1, 0.15) is 5.82 Å². The van der Waals surface area contributed by atoms with E-state index in [1.54, 1.807) is 31.3 Å². The van der Waals surface area contributed by atoms with Gasteiger partial charge < -0.3 is 10.1 Å². The van der Waals surface area contributed by atoms with Gasteiger partial charge in [0.05, 0.1) is 0 Å². The summed E-state index contributed by atoms with van der Waals surface area (Å²) in [4.78, 5) is 32.2. The van der Waals surface area contributed by atoms with Gasteiger partial charge in [-0.3, -0.25) is 4.79 Å². The largest absolute Gasteiger partial charge is 0.447 e. The monoisotopic (exact) mass is 357 g/mol. The fraction of sp³-hybridized carbons (Fsp3) is 0.235. The van der Waals surface area contributed by atoms with E-state index < -0.39 is 18.0 Å². The zero-order valence-electron chi connectivity index (χ0n) is 14.1. The fourth-order valence-corrected chi connectivity index (χ4v) is 2.19. The number of fused-ring (bicyclic) bond motifs is 1. The summed E-state index contributed by atoms with van der Waals surface area (Å²) in [5.74, 6) is -1.57. The Hall–Kier alpha value is -3.36. The SMILES string of the molecule is Cc1ccnc2nc(C(=O)OC(C)C(=O)NCc3ccc(F)cc3)nn12.